The van der Waals surface area contributed by atoms with Crippen molar-refractivity contribution in [2.45, 2.75) is 76.5 Å². The average molecular weight is 353 g/mol. The first-order chi connectivity index (χ1) is 12.0. The number of carbonyl (C=O) groups is 2. The van der Waals surface area contributed by atoms with E-state index < -0.39 is 24.2 Å². The molecule has 6 heteroatoms. The lowest BCUT2D eigenvalue weighted by atomic mass is 10.1. The second kappa shape index (κ2) is 11.8. The molecule has 0 bridgehead atoms. The third-order valence-electron chi connectivity index (χ3n) is 4.32. The normalized spacial score (nSPS) is 22.4. The third kappa shape index (κ3) is 8.31. The molecule has 0 spiro atoms. The molecule has 25 heavy (non-hydrogen) atoms. The highest BCUT2D eigenvalue weighted by Gasteiger charge is 2.36. The van der Waals surface area contributed by atoms with Crippen LogP contribution in [0.4, 0.5) is 0 Å². The Bertz CT molecular complexity index is 474. The number of carboxylic acid groups (broad SMARTS) is 1. The summed E-state index contributed by atoms with van der Waals surface area (Å²) in [5.74, 6) is -0.924. The maximum absolute atomic E-state index is 12.0. The molecule has 142 valence electrons. The van der Waals surface area contributed by atoms with E-state index in [2.05, 4.69) is 6.92 Å². The van der Waals surface area contributed by atoms with Gasteiger partial charge < -0.3 is 20.2 Å². The highest BCUT2D eigenvalue weighted by atomic mass is 16.4. The molecule has 0 radical (unpaired) electrons. The summed E-state index contributed by atoms with van der Waals surface area (Å²) in [6.45, 7) is 2.49. The fraction of sp³-hybridized carbons (Fsp3) is 0.684. The van der Waals surface area contributed by atoms with E-state index in [0.29, 0.717) is 25.8 Å². The quantitative estimate of drug-likeness (QED) is 0.369. The number of unbranched alkanes of at least 4 members (excludes halogenated alkanes) is 3. The number of aliphatic carboxylic acids is 1. The molecule has 6 nitrogen and oxygen atoms in total. The molecule has 3 atom stereocenters. The van der Waals surface area contributed by atoms with Crippen molar-refractivity contribution >= 4 is 11.9 Å². The van der Waals surface area contributed by atoms with E-state index in [9.17, 15) is 19.8 Å². The van der Waals surface area contributed by atoms with Gasteiger partial charge in [0, 0.05) is 13.0 Å². The maximum atomic E-state index is 12.0. The van der Waals surface area contributed by atoms with Crippen LogP contribution in [0.15, 0.2) is 24.3 Å². The molecule has 0 aliphatic carbocycles. The minimum Gasteiger partial charge on any atom is -0.481 e. The Morgan fingerprint density at radius 3 is 2.76 bits per heavy atom. The second-order valence-corrected chi connectivity index (χ2v) is 6.51. The first kappa shape index (κ1) is 21.4. The Balaban J connectivity index is 2.48. The fourth-order valence-corrected chi connectivity index (χ4v) is 2.87. The Kier molecular flexibility index (Phi) is 10.1. The van der Waals surface area contributed by atoms with Crippen molar-refractivity contribution in [1.29, 1.82) is 0 Å². The molecule has 1 aliphatic heterocycles. The van der Waals surface area contributed by atoms with Gasteiger partial charge in [0.15, 0.2) is 0 Å². The largest absolute Gasteiger partial charge is 0.481 e. The summed E-state index contributed by atoms with van der Waals surface area (Å²) < 4.78 is 0. The van der Waals surface area contributed by atoms with Gasteiger partial charge in [-0.05, 0) is 19.3 Å². The van der Waals surface area contributed by atoms with Gasteiger partial charge in [0.2, 0.25) is 5.91 Å². The molecular formula is C19H31NO5. The lowest BCUT2D eigenvalue weighted by molar-refractivity contribution is -0.137. The lowest BCUT2D eigenvalue weighted by Crippen LogP contribution is -2.35. The number of aliphatic hydroxyl groups is 2. The Hall–Kier alpha value is -1.66. The molecule has 1 amide bonds. The molecule has 3 N–H and O–H groups in total. The van der Waals surface area contributed by atoms with E-state index in [1.54, 1.807) is 17.1 Å². The molecule has 1 saturated heterocycles. The fourth-order valence-electron chi connectivity index (χ4n) is 2.87. The van der Waals surface area contributed by atoms with E-state index >= 15 is 0 Å². The molecule has 0 saturated carbocycles. The lowest BCUT2D eigenvalue weighted by Gasteiger charge is -2.22. The number of hydrogen-bond donors (Lipinski definition) is 3. The van der Waals surface area contributed by atoms with Crippen molar-refractivity contribution in [2.24, 2.45) is 0 Å². The first-order valence-electron chi connectivity index (χ1n) is 9.16. The predicted molar refractivity (Wildman–Crippen MR) is 96.0 cm³/mol. The first-order valence-corrected chi connectivity index (χ1v) is 9.16. The van der Waals surface area contributed by atoms with Gasteiger partial charge in [-0.25, -0.2) is 0 Å². The van der Waals surface area contributed by atoms with Gasteiger partial charge in [-0.3, -0.25) is 9.59 Å². The molecule has 1 aliphatic rings. The van der Waals surface area contributed by atoms with Crippen LogP contribution in [0.2, 0.25) is 0 Å². The van der Waals surface area contributed by atoms with Crippen LogP contribution in [-0.2, 0) is 9.59 Å². The minimum atomic E-state index is -0.811. The van der Waals surface area contributed by atoms with Crippen LogP contribution >= 0.6 is 0 Å². The summed E-state index contributed by atoms with van der Waals surface area (Å²) in [4.78, 5) is 24.0. The SMILES string of the molecule is CCCCC[C@H](O)/C=C/[C@H]1[C@H](O)CC(=O)N1C/C=C/CCCC(=O)O. The van der Waals surface area contributed by atoms with Crippen LogP contribution < -0.4 is 0 Å². The number of allylic oxidation sites excluding steroid dienone is 1. The molecule has 1 heterocycles. The number of rotatable bonds is 12. The van der Waals surface area contributed by atoms with Crippen LogP contribution in [0.25, 0.3) is 0 Å². The summed E-state index contributed by atoms with van der Waals surface area (Å²) in [7, 11) is 0. The standard InChI is InChI=1S/C19H31NO5/c1-2-3-6-9-15(21)11-12-16-17(22)14-18(23)20(16)13-8-5-4-7-10-19(24)25/h5,8,11-12,15-17,21-22H,2-4,6-7,9-10,13-14H2,1H3,(H,24,25)/b8-5+,12-11+/t15-,16-,17+/m0/s1. The zero-order valence-corrected chi connectivity index (χ0v) is 15.0. The number of carbonyl (C=O) groups excluding carboxylic acids is 1. The summed E-state index contributed by atoms with van der Waals surface area (Å²) in [6, 6.07) is -0.419. The molecular weight excluding hydrogens is 322 g/mol. The van der Waals surface area contributed by atoms with Crippen molar-refractivity contribution in [1.82, 2.24) is 4.90 Å². The Morgan fingerprint density at radius 1 is 1.32 bits per heavy atom. The van der Waals surface area contributed by atoms with Gasteiger partial charge in [0.1, 0.15) is 0 Å². The van der Waals surface area contributed by atoms with Crippen LogP contribution in [0, 0.1) is 0 Å². The number of nitrogens with zero attached hydrogens (tertiary/aromatic N) is 1. The van der Waals surface area contributed by atoms with E-state index in [1.807, 2.05) is 12.2 Å². The van der Waals surface area contributed by atoms with Gasteiger partial charge in [-0.15, -0.1) is 0 Å². The van der Waals surface area contributed by atoms with E-state index in [0.717, 1.165) is 19.3 Å². The van der Waals surface area contributed by atoms with Crippen LogP contribution in [-0.4, -0.2) is 56.9 Å². The summed E-state index contributed by atoms with van der Waals surface area (Å²) in [5.41, 5.74) is 0. The Morgan fingerprint density at radius 2 is 2.08 bits per heavy atom. The predicted octanol–water partition coefficient (Wildman–Crippen LogP) is 2.26. The van der Waals surface area contributed by atoms with Crippen molar-refractivity contribution in [3.05, 3.63) is 24.3 Å². The molecule has 1 fully saturated rings. The van der Waals surface area contributed by atoms with Gasteiger partial charge >= 0.3 is 5.97 Å². The molecule has 0 unspecified atom stereocenters. The number of hydrogen-bond acceptors (Lipinski definition) is 4. The molecule has 0 aromatic carbocycles. The highest BCUT2D eigenvalue weighted by molar-refractivity contribution is 5.80. The van der Waals surface area contributed by atoms with E-state index in [1.165, 1.54) is 0 Å². The summed E-state index contributed by atoms with van der Waals surface area (Å²) in [6.07, 6.45) is 11.0. The van der Waals surface area contributed by atoms with Crippen LogP contribution in [0.5, 0.6) is 0 Å². The van der Waals surface area contributed by atoms with E-state index in [4.69, 9.17) is 5.11 Å². The topological polar surface area (TPSA) is 98.1 Å². The average Bonchev–Trinajstić information content (AvgIpc) is 2.82. The van der Waals surface area contributed by atoms with Gasteiger partial charge in [-0.1, -0.05) is 50.5 Å². The number of likely N-dealkylation sites (tertiary alicyclic amines) is 1. The molecule has 1 rings (SSSR count). The smallest absolute Gasteiger partial charge is 0.303 e. The summed E-state index contributed by atoms with van der Waals surface area (Å²) in [5, 5.41) is 28.6. The second-order valence-electron chi connectivity index (χ2n) is 6.51. The monoisotopic (exact) mass is 353 g/mol. The third-order valence-corrected chi connectivity index (χ3v) is 4.32. The maximum Gasteiger partial charge on any atom is 0.303 e. The number of aliphatic hydroxyl groups excluding tert-OH is 2. The van der Waals surface area contributed by atoms with Crippen LogP contribution in [0.3, 0.4) is 0 Å². The molecule has 0 aromatic rings. The summed E-state index contributed by atoms with van der Waals surface area (Å²) >= 11 is 0. The Labute approximate surface area is 149 Å². The number of amides is 1. The number of carboxylic acids is 1. The zero-order valence-electron chi connectivity index (χ0n) is 15.0. The van der Waals surface area contributed by atoms with Crippen molar-refractivity contribution < 1.29 is 24.9 Å². The van der Waals surface area contributed by atoms with Crippen LogP contribution in [0.1, 0.15) is 58.3 Å². The van der Waals surface area contributed by atoms with Crippen molar-refractivity contribution in [2.75, 3.05) is 6.54 Å². The van der Waals surface area contributed by atoms with Gasteiger partial charge in [-0.2, -0.15) is 0 Å². The zero-order chi connectivity index (χ0) is 18.7. The van der Waals surface area contributed by atoms with Gasteiger partial charge in [0.25, 0.3) is 0 Å². The minimum absolute atomic E-state index is 0.0911. The molecule has 0 aromatic heterocycles. The van der Waals surface area contributed by atoms with Crippen molar-refractivity contribution in [3.8, 4) is 0 Å². The van der Waals surface area contributed by atoms with E-state index in [-0.39, 0.29) is 18.7 Å². The van der Waals surface area contributed by atoms with Crippen molar-refractivity contribution in [3.63, 3.8) is 0 Å². The van der Waals surface area contributed by atoms with Gasteiger partial charge in [0.05, 0.1) is 24.7 Å². The highest BCUT2D eigenvalue weighted by Crippen LogP contribution is 2.21.